The normalized spacial score (nSPS) is 25.1. The average molecular weight is 232 g/mol. The van der Waals surface area contributed by atoms with E-state index in [9.17, 15) is 4.79 Å². The highest BCUT2D eigenvalue weighted by Crippen LogP contribution is 2.32. The van der Waals surface area contributed by atoms with Gasteiger partial charge in [-0.25, -0.2) is 0 Å². The van der Waals surface area contributed by atoms with Gasteiger partial charge in [-0.15, -0.1) is 0 Å². The standard InChI is InChI=1S/C14H20N2O/c1-3-16-13(17)9-8-12(15)14(16)11-7-5-4-6-10(11)2/h4-7,12,14H,3,8-9,15H2,1-2H3. The van der Waals surface area contributed by atoms with E-state index in [1.807, 2.05) is 24.0 Å². The van der Waals surface area contributed by atoms with Gasteiger partial charge in [-0.1, -0.05) is 24.3 Å². The lowest BCUT2D eigenvalue weighted by Gasteiger charge is -2.40. The Morgan fingerprint density at radius 2 is 2.12 bits per heavy atom. The Kier molecular flexibility index (Phi) is 3.48. The van der Waals surface area contributed by atoms with Crippen LogP contribution in [-0.4, -0.2) is 23.4 Å². The summed E-state index contributed by atoms with van der Waals surface area (Å²) in [6.45, 7) is 4.82. The van der Waals surface area contributed by atoms with Gasteiger partial charge in [0.25, 0.3) is 0 Å². The Balaban J connectivity index is 2.39. The Morgan fingerprint density at radius 3 is 2.76 bits per heavy atom. The Labute approximate surface area is 103 Å². The van der Waals surface area contributed by atoms with E-state index in [0.717, 1.165) is 13.0 Å². The van der Waals surface area contributed by atoms with Crippen LogP contribution in [-0.2, 0) is 4.79 Å². The number of amides is 1. The highest BCUT2D eigenvalue weighted by atomic mass is 16.2. The molecule has 1 saturated heterocycles. The molecule has 1 fully saturated rings. The number of nitrogens with zero attached hydrogens (tertiary/aromatic N) is 1. The number of benzene rings is 1. The minimum absolute atomic E-state index is 0.0439. The van der Waals surface area contributed by atoms with E-state index in [4.69, 9.17) is 5.73 Å². The molecule has 0 spiro atoms. The molecule has 1 aromatic rings. The number of hydrogen-bond acceptors (Lipinski definition) is 2. The molecule has 2 atom stereocenters. The van der Waals surface area contributed by atoms with Gasteiger partial charge in [-0.2, -0.15) is 0 Å². The fourth-order valence-electron chi connectivity index (χ4n) is 2.67. The average Bonchev–Trinajstić information content (AvgIpc) is 2.33. The van der Waals surface area contributed by atoms with E-state index in [0.29, 0.717) is 6.42 Å². The lowest BCUT2D eigenvalue weighted by atomic mass is 9.88. The van der Waals surface area contributed by atoms with Crippen molar-refractivity contribution in [1.82, 2.24) is 4.90 Å². The third-order valence-electron chi connectivity index (χ3n) is 3.60. The first-order chi connectivity index (χ1) is 8.15. The van der Waals surface area contributed by atoms with Crippen molar-refractivity contribution in [3.63, 3.8) is 0 Å². The summed E-state index contributed by atoms with van der Waals surface area (Å²) in [4.78, 5) is 13.8. The Hall–Kier alpha value is -1.35. The third-order valence-corrected chi connectivity index (χ3v) is 3.60. The van der Waals surface area contributed by atoms with E-state index in [1.165, 1.54) is 11.1 Å². The molecule has 3 heteroatoms. The van der Waals surface area contributed by atoms with Crippen LogP contribution in [0.5, 0.6) is 0 Å². The van der Waals surface area contributed by atoms with Gasteiger partial charge in [0.05, 0.1) is 6.04 Å². The van der Waals surface area contributed by atoms with Crippen LogP contribution in [0, 0.1) is 6.92 Å². The van der Waals surface area contributed by atoms with E-state index >= 15 is 0 Å². The molecule has 3 nitrogen and oxygen atoms in total. The summed E-state index contributed by atoms with van der Waals surface area (Å²) >= 11 is 0. The van der Waals surface area contributed by atoms with Crippen LogP contribution in [0.2, 0.25) is 0 Å². The molecule has 2 unspecified atom stereocenters. The first kappa shape index (κ1) is 12.1. The molecular weight excluding hydrogens is 212 g/mol. The second-order valence-corrected chi connectivity index (χ2v) is 4.68. The van der Waals surface area contributed by atoms with Gasteiger partial charge < -0.3 is 10.6 Å². The molecule has 1 aromatic carbocycles. The molecule has 17 heavy (non-hydrogen) atoms. The summed E-state index contributed by atoms with van der Waals surface area (Å²) in [7, 11) is 0. The van der Waals surface area contributed by atoms with Gasteiger partial charge in [0.2, 0.25) is 5.91 Å². The molecule has 0 saturated carbocycles. The smallest absolute Gasteiger partial charge is 0.223 e. The molecule has 0 bridgehead atoms. The molecule has 1 aliphatic rings. The largest absolute Gasteiger partial charge is 0.334 e. The Morgan fingerprint density at radius 1 is 1.41 bits per heavy atom. The predicted octanol–water partition coefficient (Wildman–Crippen LogP) is 2.01. The summed E-state index contributed by atoms with van der Waals surface area (Å²) in [6, 6.07) is 8.29. The van der Waals surface area contributed by atoms with Gasteiger partial charge in [-0.05, 0) is 31.4 Å². The number of likely N-dealkylation sites (tertiary alicyclic amines) is 1. The number of carbonyl (C=O) groups excluding carboxylic acids is 1. The molecule has 1 aliphatic heterocycles. The molecule has 1 amide bonds. The lowest BCUT2D eigenvalue weighted by molar-refractivity contribution is -0.137. The van der Waals surface area contributed by atoms with Crippen LogP contribution in [0.25, 0.3) is 0 Å². The molecule has 0 radical (unpaired) electrons. The van der Waals surface area contributed by atoms with Crippen LogP contribution < -0.4 is 5.73 Å². The molecular formula is C14H20N2O. The summed E-state index contributed by atoms with van der Waals surface area (Å²) in [6.07, 6.45) is 1.37. The number of aryl methyl sites for hydroxylation is 1. The van der Waals surface area contributed by atoms with Gasteiger partial charge in [-0.3, -0.25) is 4.79 Å². The molecule has 1 heterocycles. The maximum Gasteiger partial charge on any atom is 0.223 e. The lowest BCUT2D eigenvalue weighted by Crippen LogP contribution is -2.48. The van der Waals surface area contributed by atoms with E-state index in [2.05, 4.69) is 19.1 Å². The molecule has 0 aromatic heterocycles. The van der Waals surface area contributed by atoms with Crippen molar-refractivity contribution in [1.29, 1.82) is 0 Å². The topological polar surface area (TPSA) is 46.3 Å². The third kappa shape index (κ3) is 2.20. The summed E-state index contributed by atoms with van der Waals surface area (Å²) in [5.41, 5.74) is 8.61. The fourth-order valence-corrected chi connectivity index (χ4v) is 2.67. The van der Waals surface area contributed by atoms with Crippen molar-refractivity contribution in [3.05, 3.63) is 35.4 Å². The number of piperidine rings is 1. The predicted molar refractivity (Wildman–Crippen MR) is 68.5 cm³/mol. The van der Waals surface area contributed by atoms with Crippen LogP contribution in [0.4, 0.5) is 0 Å². The minimum Gasteiger partial charge on any atom is -0.334 e. The first-order valence-corrected chi connectivity index (χ1v) is 6.25. The number of carbonyl (C=O) groups is 1. The second kappa shape index (κ2) is 4.88. The zero-order valence-electron chi connectivity index (χ0n) is 10.5. The fraction of sp³-hybridized carbons (Fsp3) is 0.500. The maximum atomic E-state index is 11.9. The number of nitrogens with two attached hydrogens (primary N) is 1. The summed E-state index contributed by atoms with van der Waals surface area (Å²) in [5.74, 6) is 0.224. The zero-order chi connectivity index (χ0) is 12.4. The Bertz CT molecular complexity index is 416. The summed E-state index contributed by atoms with van der Waals surface area (Å²) in [5, 5.41) is 0. The maximum absolute atomic E-state index is 11.9. The number of rotatable bonds is 2. The molecule has 0 aliphatic carbocycles. The van der Waals surface area contributed by atoms with Gasteiger partial charge in [0.15, 0.2) is 0 Å². The monoisotopic (exact) mass is 232 g/mol. The molecule has 2 rings (SSSR count). The van der Waals surface area contributed by atoms with E-state index in [1.54, 1.807) is 0 Å². The van der Waals surface area contributed by atoms with Crippen molar-refractivity contribution in [2.24, 2.45) is 5.73 Å². The quantitative estimate of drug-likeness (QED) is 0.847. The van der Waals surface area contributed by atoms with Crippen molar-refractivity contribution < 1.29 is 4.79 Å². The highest BCUT2D eigenvalue weighted by Gasteiger charge is 2.34. The van der Waals surface area contributed by atoms with Crippen LogP contribution in [0.1, 0.15) is 36.9 Å². The number of likely N-dealkylation sites (N-methyl/N-ethyl adjacent to an activating group) is 1. The van der Waals surface area contributed by atoms with Crippen molar-refractivity contribution in [2.75, 3.05) is 6.54 Å². The molecule has 2 N–H and O–H groups in total. The van der Waals surface area contributed by atoms with Crippen molar-refractivity contribution >= 4 is 5.91 Å². The van der Waals surface area contributed by atoms with Gasteiger partial charge >= 0.3 is 0 Å². The van der Waals surface area contributed by atoms with Crippen LogP contribution >= 0.6 is 0 Å². The van der Waals surface area contributed by atoms with Gasteiger partial charge in [0.1, 0.15) is 0 Å². The highest BCUT2D eigenvalue weighted by molar-refractivity contribution is 5.78. The van der Waals surface area contributed by atoms with E-state index in [-0.39, 0.29) is 18.0 Å². The van der Waals surface area contributed by atoms with Crippen LogP contribution in [0.15, 0.2) is 24.3 Å². The van der Waals surface area contributed by atoms with Crippen molar-refractivity contribution in [3.8, 4) is 0 Å². The molecule has 92 valence electrons. The zero-order valence-corrected chi connectivity index (χ0v) is 10.5. The SMILES string of the molecule is CCN1C(=O)CCC(N)C1c1ccccc1C. The van der Waals surface area contributed by atoms with E-state index < -0.39 is 0 Å². The first-order valence-electron chi connectivity index (χ1n) is 6.25. The van der Waals surface area contributed by atoms with Crippen LogP contribution in [0.3, 0.4) is 0 Å². The van der Waals surface area contributed by atoms with Gasteiger partial charge in [0, 0.05) is 19.0 Å². The number of hydrogen-bond donors (Lipinski definition) is 1. The second-order valence-electron chi connectivity index (χ2n) is 4.68. The summed E-state index contributed by atoms with van der Waals surface area (Å²) < 4.78 is 0. The van der Waals surface area contributed by atoms with Crippen molar-refractivity contribution in [2.45, 2.75) is 38.8 Å². The minimum atomic E-state index is 0.0439.